The molecule has 2 aromatic carbocycles. The fraction of sp³-hybridized carbons (Fsp3) is 0.360. The molecule has 9 heteroatoms. The number of anilines is 1. The average molecular weight is 461 g/mol. The number of hydrazine groups is 2. The molecule has 2 fully saturated rings. The third-order valence-corrected chi connectivity index (χ3v) is 7.15. The van der Waals surface area contributed by atoms with Crippen LogP contribution in [0.1, 0.15) is 30.0 Å². The largest absolute Gasteiger partial charge is 0.497 e. The number of carbonyl (C=O) groups is 2. The number of para-hydroxylation sites is 1. The molecule has 176 valence electrons. The zero-order valence-corrected chi connectivity index (χ0v) is 19.1. The van der Waals surface area contributed by atoms with Crippen molar-refractivity contribution in [1.29, 1.82) is 0 Å². The molecule has 3 unspecified atom stereocenters. The van der Waals surface area contributed by atoms with Gasteiger partial charge in [0.05, 0.1) is 19.2 Å². The molecule has 4 aliphatic heterocycles. The number of aryl methyl sites for hydroxylation is 1. The Morgan fingerprint density at radius 1 is 1.09 bits per heavy atom. The standard InChI is InChI=1S/C25H28N6O3/c1-34-19-10-8-17(9-11-19)20-15-22-24-27-31(25(33)29(24)13-14-30(22)26-20)16-23(32)28-12-4-6-18-5-2-3-7-21(18)28/h2-3,5,7-11,13-14,20,22,24,26-27H,4,6,12,15-16H2,1H3. The van der Waals surface area contributed by atoms with E-state index in [0.29, 0.717) is 6.54 Å². The lowest BCUT2D eigenvalue weighted by Crippen LogP contribution is -2.54. The molecular weight excluding hydrogens is 432 g/mol. The van der Waals surface area contributed by atoms with Crippen LogP contribution in [0, 0.1) is 0 Å². The molecule has 3 amide bonds. The minimum absolute atomic E-state index is 0.00390. The molecule has 0 bridgehead atoms. The van der Waals surface area contributed by atoms with Crippen LogP contribution >= 0.6 is 0 Å². The van der Waals surface area contributed by atoms with E-state index in [1.54, 1.807) is 18.2 Å². The fourth-order valence-electron chi connectivity index (χ4n) is 5.40. The SMILES string of the molecule is COc1ccc(C2CC3C4NN(CC(=O)N5CCCc6ccccc65)C(=O)N4C=CN3N2)cc1. The maximum Gasteiger partial charge on any atom is 0.340 e. The molecule has 0 aliphatic carbocycles. The van der Waals surface area contributed by atoms with E-state index >= 15 is 0 Å². The van der Waals surface area contributed by atoms with Crippen LogP contribution in [-0.2, 0) is 11.2 Å². The molecule has 34 heavy (non-hydrogen) atoms. The van der Waals surface area contributed by atoms with E-state index < -0.39 is 0 Å². The van der Waals surface area contributed by atoms with Gasteiger partial charge in [-0.05, 0) is 48.6 Å². The van der Waals surface area contributed by atoms with Crippen molar-refractivity contribution in [3.05, 3.63) is 72.1 Å². The number of urea groups is 1. The monoisotopic (exact) mass is 460 g/mol. The molecule has 2 saturated heterocycles. The van der Waals surface area contributed by atoms with E-state index in [-0.39, 0.29) is 36.7 Å². The van der Waals surface area contributed by atoms with Gasteiger partial charge >= 0.3 is 6.03 Å². The summed E-state index contributed by atoms with van der Waals surface area (Å²) in [6, 6.07) is 16.0. The quantitative estimate of drug-likeness (QED) is 0.729. The van der Waals surface area contributed by atoms with Crippen molar-refractivity contribution in [3.63, 3.8) is 0 Å². The van der Waals surface area contributed by atoms with Gasteiger partial charge in [-0.25, -0.2) is 20.7 Å². The Balaban J connectivity index is 1.15. The van der Waals surface area contributed by atoms with Crippen molar-refractivity contribution in [1.82, 2.24) is 25.8 Å². The highest BCUT2D eigenvalue weighted by Crippen LogP contribution is 2.35. The predicted octanol–water partition coefficient (Wildman–Crippen LogP) is 2.35. The van der Waals surface area contributed by atoms with Crippen molar-refractivity contribution < 1.29 is 14.3 Å². The molecule has 6 rings (SSSR count). The molecule has 2 aromatic rings. The molecule has 0 spiro atoms. The highest BCUT2D eigenvalue weighted by atomic mass is 16.5. The minimum Gasteiger partial charge on any atom is -0.497 e. The first kappa shape index (κ1) is 21.0. The maximum atomic E-state index is 13.2. The van der Waals surface area contributed by atoms with Crippen molar-refractivity contribution in [2.45, 2.75) is 37.5 Å². The number of nitrogens with zero attached hydrogens (tertiary/aromatic N) is 4. The van der Waals surface area contributed by atoms with Crippen molar-refractivity contribution in [3.8, 4) is 5.75 Å². The predicted molar refractivity (Wildman–Crippen MR) is 126 cm³/mol. The number of hydrogen-bond donors (Lipinski definition) is 2. The van der Waals surface area contributed by atoms with Crippen LogP contribution in [-0.4, -0.2) is 59.3 Å². The Morgan fingerprint density at radius 2 is 1.91 bits per heavy atom. The number of hydrogen-bond acceptors (Lipinski definition) is 6. The van der Waals surface area contributed by atoms with Crippen LogP contribution in [0.3, 0.4) is 0 Å². The Bertz CT molecular complexity index is 1140. The first-order valence-corrected chi connectivity index (χ1v) is 11.7. The van der Waals surface area contributed by atoms with Crippen molar-refractivity contribution in [2.75, 3.05) is 25.1 Å². The Hall–Kier alpha value is -3.56. The van der Waals surface area contributed by atoms with Gasteiger partial charge in [-0.2, -0.15) is 0 Å². The van der Waals surface area contributed by atoms with E-state index in [4.69, 9.17) is 4.74 Å². The van der Waals surface area contributed by atoms with Crippen LogP contribution < -0.4 is 20.5 Å². The molecule has 9 nitrogen and oxygen atoms in total. The van der Waals surface area contributed by atoms with Gasteiger partial charge in [-0.15, -0.1) is 0 Å². The fourth-order valence-corrected chi connectivity index (χ4v) is 5.40. The van der Waals surface area contributed by atoms with Gasteiger partial charge in [0.1, 0.15) is 18.5 Å². The summed E-state index contributed by atoms with van der Waals surface area (Å²) in [7, 11) is 1.66. The van der Waals surface area contributed by atoms with Gasteiger partial charge in [0, 0.05) is 24.6 Å². The van der Waals surface area contributed by atoms with Crippen LogP contribution in [0.15, 0.2) is 60.9 Å². The number of fused-ring (bicyclic) bond motifs is 4. The Kier molecular flexibility index (Phi) is 5.15. The Labute approximate surface area is 198 Å². The second-order valence-electron chi connectivity index (χ2n) is 9.09. The van der Waals surface area contributed by atoms with E-state index in [1.165, 1.54) is 10.6 Å². The molecular formula is C25H28N6O3. The molecule has 4 heterocycles. The zero-order valence-electron chi connectivity index (χ0n) is 19.1. The molecule has 0 radical (unpaired) electrons. The van der Waals surface area contributed by atoms with Crippen LogP contribution in [0.2, 0.25) is 0 Å². The van der Waals surface area contributed by atoms with Gasteiger partial charge in [0.2, 0.25) is 5.91 Å². The number of nitrogens with one attached hydrogen (secondary N) is 2. The smallest absolute Gasteiger partial charge is 0.340 e. The molecule has 0 saturated carbocycles. The summed E-state index contributed by atoms with van der Waals surface area (Å²) >= 11 is 0. The highest BCUT2D eigenvalue weighted by Gasteiger charge is 2.48. The highest BCUT2D eigenvalue weighted by molar-refractivity contribution is 5.97. The first-order valence-electron chi connectivity index (χ1n) is 11.7. The van der Waals surface area contributed by atoms with Gasteiger partial charge in [0.25, 0.3) is 0 Å². The summed E-state index contributed by atoms with van der Waals surface area (Å²) in [5.74, 6) is 0.750. The summed E-state index contributed by atoms with van der Waals surface area (Å²) < 4.78 is 5.27. The number of amides is 3. The third kappa shape index (κ3) is 3.48. The second kappa shape index (κ2) is 8.34. The van der Waals surface area contributed by atoms with Crippen LogP contribution in [0.5, 0.6) is 5.75 Å². The van der Waals surface area contributed by atoms with E-state index in [0.717, 1.165) is 36.3 Å². The maximum absolute atomic E-state index is 13.2. The molecule has 4 aliphatic rings. The minimum atomic E-state index is -0.241. The topological polar surface area (TPSA) is 80.4 Å². The first-order chi connectivity index (χ1) is 16.6. The molecule has 0 aromatic heterocycles. The summed E-state index contributed by atoms with van der Waals surface area (Å²) in [5.41, 5.74) is 10.1. The van der Waals surface area contributed by atoms with Gasteiger partial charge < -0.3 is 14.6 Å². The van der Waals surface area contributed by atoms with E-state index in [9.17, 15) is 9.59 Å². The summed E-state index contributed by atoms with van der Waals surface area (Å²) in [5, 5.41) is 3.52. The lowest BCUT2D eigenvalue weighted by molar-refractivity contribution is -0.119. The number of carbonyl (C=O) groups excluding carboxylic acids is 2. The number of benzene rings is 2. The Morgan fingerprint density at radius 3 is 2.74 bits per heavy atom. The molecule has 2 N–H and O–H groups in total. The van der Waals surface area contributed by atoms with Crippen LogP contribution in [0.4, 0.5) is 10.5 Å². The van der Waals surface area contributed by atoms with Crippen molar-refractivity contribution >= 4 is 17.6 Å². The van der Waals surface area contributed by atoms with Gasteiger partial charge in [-0.3, -0.25) is 9.69 Å². The lowest BCUT2D eigenvalue weighted by atomic mass is 10.00. The third-order valence-electron chi connectivity index (χ3n) is 7.15. The summed E-state index contributed by atoms with van der Waals surface area (Å²) in [4.78, 5) is 29.8. The van der Waals surface area contributed by atoms with Gasteiger partial charge in [-0.1, -0.05) is 30.3 Å². The van der Waals surface area contributed by atoms with E-state index in [1.807, 2.05) is 41.4 Å². The summed E-state index contributed by atoms with van der Waals surface area (Å²) in [6.07, 6.45) is 6.16. The lowest BCUT2D eigenvalue weighted by Gasteiger charge is -2.34. The zero-order chi connectivity index (χ0) is 23.2. The number of ether oxygens (including phenoxy) is 1. The van der Waals surface area contributed by atoms with Crippen molar-refractivity contribution in [2.24, 2.45) is 0 Å². The van der Waals surface area contributed by atoms with Crippen LogP contribution in [0.25, 0.3) is 0 Å². The average Bonchev–Trinajstić information content (AvgIpc) is 3.45. The number of methoxy groups -OCH3 is 1. The second-order valence-corrected chi connectivity index (χ2v) is 9.09. The molecule has 3 atom stereocenters. The van der Waals surface area contributed by atoms with Gasteiger partial charge in [0.15, 0.2) is 0 Å². The normalized spacial score (nSPS) is 25.3. The van der Waals surface area contributed by atoms with E-state index in [2.05, 4.69) is 34.1 Å². The number of rotatable bonds is 4. The summed E-state index contributed by atoms with van der Waals surface area (Å²) in [6.45, 7) is 0.671.